The molecule has 2 nitrogen and oxygen atoms in total. The molecular weight excluding hydrogens is 581 g/mol. The van der Waals surface area contributed by atoms with Crippen LogP contribution in [0.3, 0.4) is 0 Å². The van der Waals surface area contributed by atoms with Crippen LogP contribution in [0, 0.1) is 12.3 Å². The predicted molar refractivity (Wildman–Crippen MR) is 206 cm³/mol. The van der Waals surface area contributed by atoms with E-state index in [0.29, 0.717) is 0 Å². The van der Waals surface area contributed by atoms with Crippen molar-refractivity contribution in [3.05, 3.63) is 186 Å². The molecule has 0 fully saturated rings. The average Bonchev–Trinajstić information content (AvgIpc) is 3.37. The van der Waals surface area contributed by atoms with Gasteiger partial charge in [-0.15, -0.1) is 6.42 Å². The molecule has 2 aliphatic rings. The van der Waals surface area contributed by atoms with Crippen molar-refractivity contribution >= 4 is 39.6 Å². The van der Waals surface area contributed by atoms with Gasteiger partial charge >= 0.3 is 0 Å². The van der Waals surface area contributed by atoms with Crippen LogP contribution in [0.5, 0.6) is 0 Å². The maximum Gasteiger partial charge on any atom is 0.0967 e. The van der Waals surface area contributed by atoms with Crippen molar-refractivity contribution in [2.45, 2.75) is 25.8 Å². The lowest BCUT2D eigenvalue weighted by Gasteiger charge is -2.33. The van der Waals surface area contributed by atoms with Gasteiger partial charge in [-0.2, -0.15) is 0 Å². The quantitative estimate of drug-likeness (QED) is 0.126. The Hall–Kier alpha value is -6.04. The van der Waals surface area contributed by atoms with Crippen LogP contribution in [0.4, 0.5) is 17.1 Å². The number of anilines is 3. The average molecular weight is 619 g/mol. The molecule has 0 spiro atoms. The molecule has 0 aromatic heterocycles. The lowest BCUT2D eigenvalue weighted by Crippen LogP contribution is -2.33. The standard InChI is InChI=1S/C46H38N2/c1-3-5-20-39(4-2)47(45-25-14-11-18-37-16-9-12-23-43(37)45)41-31-27-35(28-32-41)36-29-33-42(34-30-36)48(40-21-7-6-8-22-40)46-26-15-19-38-17-10-13-24-44(38)46/h2-3,5-10,12-21,23-34,40H,11,22H2,1H3/b5-3-,39-20+. The van der Waals surface area contributed by atoms with E-state index in [1.54, 1.807) is 0 Å². The molecule has 0 saturated heterocycles. The predicted octanol–water partition coefficient (Wildman–Crippen LogP) is 9.98. The molecule has 1 atom stereocenters. The van der Waals surface area contributed by atoms with Gasteiger partial charge in [-0.3, -0.25) is 0 Å². The van der Waals surface area contributed by atoms with Crippen molar-refractivity contribution in [3.8, 4) is 23.5 Å². The second-order valence-electron chi connectivity index (χ2n) is 12.0. The summed E-state index contributed by atoms with van der Waals surface area (Å²) in [5.74, 6) is 2.96. The van der Waals surface area contributed by atoms with Crippen LogP contribution in [0.15, 0.2) is 176 Å². The highest BCUT2D eigenvalue weighted by Crippen LogP contribution is 2.37. The minimum absolute atomic E-state index is 0.233. The molecule has 0 aliphatic heterocycles. The lowest BCUT2D eigenvalue weighted by atomic mass is 10.00. The summed E-state index contributed by atoms with van der Waals surface area (Å²) in [5, 5.41) is 4.86. The Kier molecular flexibility index (Phi) is 9.03. The first-order valence-electron chi connectivity index (χ1n) is 16.6. The first kappa shape index (κ1) is 30.6. The van der Waals surface area contributed by atoms with E-state index < -0.39 is 0 Å². The zero-order valence-electron chi connectivity index (χ0n) is 27.2. The van der Waals surface area contributed by atoms with Crippen molar-refractivity contribution in [2.75, 3.05) is 9.80 Å². The van der Waals surface area contributed by atoms with Crippen molar-refractivity contribution in [1.82, 2.24) is 0 Å². The fourth-order valence-electron chi connectivity index (χ4n) is 6.65. The zero-order valence-corrected chi connectivity index (χ0v) is 27.2. The van der Waals surface area contributed by atoms with E-state index in [0.717, 1.165) is 46.3 Å². The molecule has 0 amide bonds. The number of fused-ring (bicyclic) bond motifs is 2. The van der Waals surface area contributed by atoms with Gasteiger partial charge in [0.25, 0.3) is 0 Å². The Labute approximate surface area is 284 Å². The normalized spacial score (nSPS) is 15.5. The van der Waals surface area contributed by atoms with Crippen LogP contribution in [-0.4, -0.2) is 6.04 Å². The Balaban J connectivity index is 1.26. The Bertz CT molecular complexity index is 2250. The summed E-state index contributed by atoms with van der Waals surface area (Å²) >= 11 is 0. The van der Waals surface area contributed by atoms with Crippen molar-refractivity contribution in [2.24, 2.45) is 0 Å². The highest BCUT2D eigenvalue weighted by atomic mass is 15.2. The third kappa shape index (κ3) is 6.19. The van der Waals surface area contributed by atoms with Crippen molar-refractivity contribution in [3.63, 3.8) is 0 Å². The van der Waals surface area contributed by atoms with Gasteiger partial charge < -0.3 is 9.80 Å². The molecule has 48 heavy (non-hydrogen) atoms. The molecule has 0 N–H and O–H groups in total. The van der Waals surface area contributed by atoms with Gasteiger partial charge in [0.05, 0.1) is 17.4 Å². The van der Waals surface area contributed by atoms with E-state index >= 15 is 0 Å². The fraction of sp³-hybridized carbons (Fsp3) is 0.0870. The second-order valence-corrected chi connectivity index (χ2v) is 12.0. The van der Waals surface area contributed by atoms with Gasteiger partial charge in [0, 0.05) is 27.7 Å². The van der Waals surface area contributed by atoms with Crippen LogP contribution in [0.2, 0.25) is 0 Å². The minimum Gasteiger partial charge on any atom is -0.334 e. The largest absolute Gasteiger partial charge is 0.334 e. The SMILES string of the molecule is C#C/C(=C\C=C/C)N(C1=c2ccccc2=CCC=C1)c1ccc(-c2ccc(N(c3cccc4ccccc34)C3C=CC=CC3)cc2)cc1. The van der Waals surface area contributed by atoms with Gasteiger partial charge in [-0.1, -0.05) is 139 Å². The first-order valence-corrected chi connectivity index (χ1v) is 16.6. The summed E-state index contributed by atoms with van der Waals surface area (Å²) in [4.78, 5) is 4.66. The second kappa shape index (κ2) is 14.2. The van der Waals surface area contributed by atoms with E-state index in [1.165, 1.54) is 27.4 Å². The Morgan fingerprint density at radius 2 is 1.50 bits per heavy atom. The highest BCUT2D eigenvalue weighted by molar-refractivity contribution is 5.96. The van der Waals surface area contributed by atoms with Gasteiger partial charge in [-0.05, 0) is 84.0 Å². The van der Waals surface area contributed by atoms with Crippen LogP contribution in [0.25, 0.3) is 33.7 Å². The molecule has 0 heterocycles. The van der Waals surface area contributed by atoms with Gasteiger partial charge in [-0.25, -0.2) is 0 Å². The third-order valence-electron chi connectivity index (χ3n) is 8.98. The fourth-order valence-corrected chi connectivity index (χ4v) is 6.65. The summed E-state index contributed by atoms with van der Waals surface area (Å²) in [6.45, 7) is 2.00. The third-order valence-corrected chi connectivity index (χ3v) is 8.98. The zero-order chi connectivity index (χ0) is 32.7. The molecular formula is C46H38N2. The molecule has 5 aromatic carbocycles. The molecule has 0 radical (unpaired) electrons. The Morgan fingerprint density at radius 1 is 0.771 bits per heavy atom. The number of nitrogens with zero attached hydrogens (tertiary/aromatic N) is 2. The number of allylic oxidation sites excluding steroid dienone is 7. The van der Waals surface area contributed by atoms with Gasteiger partial charge in [0.1, 0.15) is 0 Å². The molecule has 0 saturated carbocycles. The van der Waals surface area contributed by atoms with Crippen LogP contribution in [-0.2, 0) is 0 Å². The summed E-state index contributed by atoms with van der Waals surface area (Å²) in [6.07, 6.45) is 29.5. The number of rotatable bonds is 8. The van der Waals surface area contributed by atoms with E-state index in [1.807, 2.05) is 25.2 Å². The van der Waals surface area contributed by atoms with Crippen LogP contribution >= 0.6 is 0 Å². The maximum atomic E-state index is 6.15. The number of benzene rings is 5. The monoisotopic (exact) mass is 618 g/mol. The maximum absolute atomic E-state index is 6.15. The molecule has 1 unspecified atom stereocenters. The van der Waals surface area contributed by atoms with E-state index in [4.69, 9.17) is 6.42 Å². The van der Waals surface area contributed by atoms with Crippen LogP contribution < -0.4 is 20.2 Å². The summed E-state index contributed by atoms with van der Waals surface area (Å²) in [7, 11) is 0. The molecule has 7 rings (SSSR count). The smallest absolute Gasteiger partial charge is 0.0967 e. The van der Waals surface area contributed by atoms with Gasteiger partial charge in [0.2, 0.25) is 0 Å². The molecule has 232 valence electrons. The molecule has 2 aliphatic carbocycles. The summed E-state index contributed by atoms with van der Waals surface area (Å²) in [5.41, 5.74) is 7.55. The van der Waals surface area contributed by atoms with Gasteiger partial charge in [0.15, 0.2) is 0 Å². The van der Waals surface area contributed by atoms with E-state index in [2.05, 4.69) is 174 Å². The minimum atomic E-state index is 0.233. The molecule has 2 heteroatoms. The summed E-state index contributed by atoms with van der Waals surface area (Å²) < 4.78 is 0. The molecule has 0 bridgehead atoms. The van der Waals surface area contributed by atoms with Crippen molar-refractivity contribution < 1.29 is 0 Å². The van der Waals surface area contributed by atoms with E-state index in [-0.39, 0.29) is 6.04 Å². The number of hydrogen-bond acceptors (Lipinski definition) is 2. The lowest BCUT2D eigenvalue weighted by molar-refractivity contribution is 0.787. The number of hydrogen-bond donors (Lipinski definition) is 0. The van der Waals surface area contributed by atoms with Crippen LogP contribution in [0.1, 0.15) is 19.8 Å². The highest BCUT2D eigenvalue weighted by Gasteiger charge is 2.21. The number of terminal acetylenes is 1. The Morgan fingerprint density at radius 3 is 2.25 bits per heavy atom. The van der Waals surface area contributed by atoms with Crippen molar-refractivity contribution in [1.29, 1.82) is 0 Å². The first-order chi connectivity index (χ1) is 23.7. The van der Waals surface area contributed by atoms with E-state index in [9.17, 15) is 0 Å². The topological polar surface area (TPSA) is 6.48 Å². The summed E-state index contributed by atoms with van der Waals surface area (Å²) in [6, 6.07) is 41.7. The molecule has 5 aromatic rings.